The van der Waals surface area contributed by atoms with Crippen LogP contribution in [0.1, 0.15) is 32.4 Å². The summed E-state index contributed by atoms with van der Waals surface area (Å²) in [7, 11) is 0. The third-order valence-electron chi connectivity index (χ3n) is 2.89. The highest BCUT2D eigenvalue weighted by atomic mass is 32.1. The summed E-state index contributed by atoms with van der Waals surface area (Å²) in [5, 5.41) is 0. The molecule has 2 aromatic heterocycles. The van der Waals surface area contributed by atoms with Gasteiger partial charge in [-0.3, -0.25) is 4.79 Å². The molecule has 0 atom stereocenters. The van der Waals surface area contributed by atoms with Crippen LogP contribution in [0.4, 0.5) is 0 Å². The van der Waals surface area contributed by atoms with Crippen LogP contribution >= 0.6 is 22.7 Å². The highest BCUT2D eigenvalue weighted by molar-refractivity contribution is 7.12. The first kappa shape index (κ1) is 13.5. The Balaban J connectivity index is 1.72. The second-order valence-corrected chi connectivity index (χ2v) is 7.31. The van der Waals surface area contributed by atoms with Crippen LogP contribution in [-0.4, -0.2) is 5.78 Å². The van der Waals surface area contributed by atoms with Gasteiger partial charge in [0.15, 0.2) is 0 Å². The van der Waals surface area contributed by atoms with E-state index < -0.39 is 0 Å². The molecule has 1 nitrogen and oxygen atoms in total. The van der Waals surface area contributed by atoms with Crippen molar-refractivity contribution in [1.29, 1.82) is 0 Å². The Bertz CT molecular complexity index is 476. The topological polar surface area (TPSA) is 17.1 Å². The van der Waals surface area contributed by atoms with Gasteiger partial charge >= 0.3 is 0 Å². The smallest absolute Gasteiger partial charge is 0.133 e. The second-order valence-electron chi connectivity index (χ2n) is 4.56. The van der Waals surface area contributed by atoms with Gasteiger partial charge in [-0.2, -0.15) is 0 Å². The molecule has 0 unspecified atom stereocenters. The maximum atomic E-state index is 11.8. The summed E-state index contributed by atoms with van der Waals surface area (Å²) < 4.78 is 0. The molecule has 2 rings (SSSR count). The minimum Gasteiger partial charge on any atom is -0.300 e. The number of thiophene rings is 2. The van der Waals surface area contributed by atoms with Gasteiger partial charge in [0.05, 0.1) is 0 Å². The van der Waals surface area contributed by atoms with E-state index in [1.54, 1.807) is 22.7 Å². The molecular weight excluding hydrogens is 260 g/mol. The van der Waals surface area contributed by atoms with Crippen molar-refractivity contribution in [3.8, 4) is 0 Å². The standard InChI is InChI=1S/C15H18OS2/c1-11-3-7-14(17-11)9-5-13(16)6-10-15-8-4-12(2)18-15/h3-4,7-8H,5-6,9-10H2,1-2H3. The number of Topliss-reactive ketones (excluding diaryl/α,β-unsaturated/α-hetero) is 1. The van der Waals surface area contributed by atoms with Crippen LogP contribution in [0.25, 0.3) is 0 Å². The molecular formula is C15H18OS2. The van der Waals surface area contributed by atoms with Gasteiger partial charge in [-0.1, -0.05) is 0 Å². The lowest BCUT2D eigenvalue weighted by Crippen LogP contribution is -2.00. The average Bonchev–Trinajstić information content (AvgIpc) is 2.93. The Labute approximate surface area is 116 Å². The average molecular weight is 278 g/mol. The van der Waals surface area contributed by atoms with Crippen molar-refractivity contribution < 1.29 is 4.79 Å². The number of ketones is 1. The quantitative estimate of drug-likeness (QED) is 0.757. The van der Waals surface area contributed by atoms with Crippen molar-refractivity contribution in [2.45, 2.75) is 39.5 Å². The SMILES string of the molecule is Cc1ccc(CCC(=O)CCc2ccc(C)s2)s1. The molecule has 0 aromatic carbocycles. The van der Waals surface area contributed by atoms with Crippen molar-refractivity contribution >= 4 is 28.5 Å². The highest BCUT2D eigenvalue weighted by Crippen LogP contribution is 2.19. The van der Waals surface area contributed by atoms with Gasteiger partial charge in [-0.25, -0.2) is 0 Å². The lowest BCUT2D eigenvalue weighted by molar-refractivity contribution is -0.119. The summed E-state index contributed by atoms with van der Waals surface area (Å²) in [4.78, 5) is 17.1. The van der Waals surface area contributed by atoms with Gasteiger partial charge in [-0.15, -0.1) is 22.7 Å². The van der Waals surface area contributed by atoms with Gasteiger partial charge in [0, 0.05) is 32.4 Å². The predicted molar refractivity (Wildman–Crippen MR) is 79.8 cm³/mol. The summed E-state index contributed by atoms with van der Waals surface area (Å²) in [6.45, 7) is 4.21. The van der Waals surface area contributed by atoms with E-state index in [2.05, 4.69) is 38.1 Å². The molecule has 3 heteroatoms. The molecule has 0 amide bonds. The predicted octanol–water partition coefficient (Wildman–Crippen LogP) is 4.56. The number of hydrogen-bond donors (Lipinski definition) is 0. The van der Waals surface area contributed by atoms with Crippen molar-refractivity contribution in [2.24, 2.45) is 0 Å². The van der Waals surface area contributed by atoms with E-state index in [0.29, 0.717) is 18.6 Å². The van der Waals surface area contributed by atoms with Crippen LogP contribution in [0.15, 0.2) is 24.3 Å². The minimum absolute atomic E-state index is 0.382. The Morgan fingerprint density at radius 1 is 0.889 bits per heavy atom. The third-order valence-corrected chi connectivity index (χ3v) is 5.01. The molecule has 0 aliphatic rings. The fourth-order valence-electron chi connectivity index (χ4n) is 1.89. The summed E-state index contributed by atoms with van der Waals surface area (Å²) in [5.41, 5.74) is 0. The summed E-state index contributed by atoms with van der Waals surface area (Å²) in [6.07, 6.45) is 3.18. The molecule has 0 saturated carbocycles. The Kier molecular flexibility index (Phi) is 4.72. The van der Waals surface area contributed by atoms with Crippen LogP contribution in [-0.2, 0) is 17.6 Å². The van der Waals surface area contributed by atoms with E-state index in [-0.39, 0.29) is 0 Å². The normalized spacial score (nSPS) is 10.8. The second kappa shape index (κ2) is 6.30. The molecule has 0 fully saturated rings. The number of hydrogen-bond acceptors (Lipinski definition) is 3. The number of aryl methyl sites for hydroxylation is 4. The summed E-state index contributed by atoms with van der Waals surface area (Å²) in [6, 6.07) is 8.52. The maximum Gasteiger partial charge on any atom is 0.133 e. The first-order valence-corrected chi connectivity index (χ1v) is 7.89. The zero-order chi connectivity index (χ0) is 13.0. The Morgan fingerprint density at radius 3 is 1.67 bits per heavy atom. The Hall–Kier alpha value is -0.930. The van der Waals surface area contributed by atoms with Crippen LogP contribution in [0.3, 0.4) is 0 Å². The summed E-state index contributed by atoms with van der Waals surface area (Å²) in [5.74, 6) is 0.382. The van der Waals surface area contributed by atoms with Crippen molar-refractivity contribution in [3.05, 3.63) is 43.8 Å². The molecule has 0 saturated heterocycles. The number of rotatable bonds is 6. The van der Waals surface area contributed by atoms with E-state index in [1.807, 2.05) is 0 Å². The van der Waals surface area contributed by atoms with Gasteiger partial charge < -0.3 is 0 Å². The molecule has 18 heavy (non-hydrogen) atoms. The molecule has 0 radical (unpaired) electrons. The third kappa shape index (κ3) is 4.07. The van der Waals surface area contributed by atoms with Crippen LogP contribution in [0.5, 0.6) is 0 Å². The first-order chi connectivity index (χ1) is 8.63. The van der Waals surface area contributed by atoms with E-state index >= 15 is 0 Å². The molecule has 2 aromatic rings. The lowest BCUT2D eigenvalue weighted by Gasteiger charge is -1.98. The molecule has 0 bridgehead atoms. The lowest BCUT2D eigenvalue weighted by atomic mass is 10.1. The largest absolute Gasteiger partial charge is 0.300 e. The van der Waals surface area contributed by atoms with Gasteiger partial charge in [0.1, 0.15) is 5.78 Å². The number of carbonyl (C=O) groups excluding carboxylic acids is 1. The van der Waals surface area contributed by atoms with E-state index in [9.17, 15) is 4.79 Å². The summed E-state index contributed by atoms with van der Waals surface area (Å²) >= 11 is 3.59. The molecule has 0 aliphatic carbocycles. The maximum absolute atomic E-state index is 11.8. The molecule has 0 N–H and O–H groups in total. The van der Waals surface area contributed by atoms with E-state index in [1.165, 1.54) is 19.5 Å². The van der Waals surface area contributed by atoms with Crippen LogP contribution in [0, 0.1) is 13.8 Å². The first-order valence-electron chi connectivity index (χ1n) is 6.26. The zero-order valence-corrected chi connectivity index (χ0v) is 12.5. The van der Waals surface area contributed by atoms with Crippen LogP contribution in [0.2, 0.25) is 0 Å². The fourth-order valence-corrected chi connectivity index (χ4v) is 3.67. The zero-order valence-electron chi connectivity index (χ0n) is 10.9. The fraction of sp³-hybridized carbons (Fsp3) is 0.400. The van der Waals surface area contributed by atoms with Crippen LogP contribution < -0.4 is 0 Å². The van der Waals surface area contributed by atoms with Gasteiger partial charge in [-0.05, 0) is 51.0 Å². The molecule has 0 spiro atoms. The van der Waals surface area contributed by atoms with Gasteiger partial charge in [0.2, 0.25) is 0 Å². The minimum atomic E-state index is 0.382. The monoisotopic (exact) mass is 278 g/mol. The van der Waals surface area contributed by atoms with Gasteiger partial charge in [0.25, 0.3) is 0 Å². The Morgan fingerprint density at radius 2 is 1.33 bits per heavy atom. The molecule has 96 valence electrons. The molecule has 2 heterocycles. The molecule has 0 aliphatic heterocycles. The number of carbonyl (C=O) groups is 1. The highest BCUT2D eigenvalue weighted by Gasteiger charge is 2.06. The van der Waals surface area contributed by atoms with E-state index in [0.717, 1.165) is 12.8 Å². The van der Waals surface area contributed by atoms with E-state index in [4.69, 9.17) is 0 Å². The van der Waals surface area contributed by atoms with Crippen molar-refractivity contribution in [3.63, 3.8) is 0 Å². The van der Waals surface area contributed by atoms with Crippen molar-refractivity contribution in [2.75, 3.05) is 0 Å². The van der Waals surface area contributed by atoms with Crippen molar-refractivity contribution in [1.82, 2.24) is 0 Å².